The van der Waals surface area contributed by atoms with Gasteiger partial charge in [-0.15, -0.1) is 0 Å². The van der Waals surface area contributed by atoms with Crippen LogP contribution in [-0.4, -0.2) is 65.8 Å². The van der Waals surface area contributed by atoms with Crippen LogP contribution in [0.25, 0.3) is 11.3 Å². The molecule has 2 N–H and O–H groups in total. The number of rotatable bonds is 6. The number of halogens is 6. The second kappa shape index (κ2) is 14.0. The zero-order valence-corrected chi connectivity index (χ0v) is 26.8. The first-order valence-corrected chi connectivity index (χ1v) is 15.6. The predicted molar refractivity (Wildman–Crippen MR) is 168 cm³/mol. The Hall–Kier alpha value is -4.58. The number of fused-ring (bicyclic) bond motifs is 6. The highest BCUT2D eigenvalue weighted by Crippen LogP contribution is 2.42. The molecule has 0 saturated heterocycles. The Bertz CT molecular complexity index is 2020. The fraction of sp³-hybridized carbons (Fsp3) is 0.250. The molecule has 0 spiro atoms. The molecule has 0 bridgehead atoms. The number of para-hydroxylation sites is 2. The van der Waals surface area contributed by atoms with Crippen LogP contribution in [0.1, 0.15) is 58.3 Å². The van der Waals surface area contributed by atoms with Crippen LogP contribution in [0.3, 0.4) is 0 Å². The van der Waals surface area contributed by atoms with Crippen LogP contribution in [0.2, 0.25) is 10.3 Å². The van der Waals surface area contributed by atoms with Crippen LogP contribution < -0.4 is 9.47 Å². The van der Waals surface area contributed by atoms with E-state index in [4.69, 9.17) is 32.7 Å². The van der Waals surface area contributed by atoms with Gasteiger partial charge in [0.05, 0.1) is 24.6 Å². The Morgan fingerprint density at radius 1 is 0.640 bits per heavy atom. The van der Waals surface area contributed by atoms with Crippen molar-refractivity contribution in [1.29, 1.82) is 0 Å². The highest BCUT2D eigenvalue weighted by Gasteiger charge is 2.37. The van der Waals surface area contributed by atoms with E-state index < -0.39 is 37.6 Å². The molecule has 6 heterocycles. The van der Waals surface area contributed by atoms with Crippen molar-refractivity contribution >= 4 is 34.5 Å². The maximum absolute atomic E-state index is 12.7. The number of aliphatic hydroxyl groups excluding tert-OH is 2. The smallest absolute Gasteiger partial charge is 0.387 e. The highest BCUT2D eigenvalue weighted by atomic mass is 35.5. The molecular formula is C32H24Cl2F4N6O6. The molecule has 8 rings (SSSR count). The van der Waals surface area contributed by atoms with Crippen molar-refractivity contribution < 1.29 is 46.7 Å². The maximum atomic E-state index is 12.7. The molecule has 0 radical (unpaired) electrons. The molecule has 18 heteroatoms. The van der Waals surface area contributed by atoms with Gasteiger partial charge in [-0.05, 0) is 36.4 Å². The third-order valence-corrected chi connectivity index (χ3v) is 8.22. The monoisotopic (exact) mass is 734 g/mol. The van der Waals surface area contributed by atoms with Crippen molar-refractivity contribution in [3.63, 3.8) is 0 Å². The third kappa shape index (κ3) is 6.53. The fourth-order valence-electron chi connectivity index (χ4n) is 5.84. The predicted octanol–water partition coefficient (Wildman–Crippen LogP) is 6.27. The van der Waals surface area contributed by atoms with Gasteiger partial charge in [0, 0.05) is 11.1 Å². The zero-order chi connectivity index (χ0) is 35.1. The van der Waals surface area contributed by atoms with E-state index in [0.29, 0.717) is 45.2 Å². The van der Waals surface area contributed by atoms with Crippen LogP contribution in [0.4, 0.5) is 17.6 Å². The Kier molecular flexibility index (Phi) is 9.47. The summed E-state index contributed by atoms with van der Waals surface area (Å²) in [5.74, 6) is -0.0244. The van der Waals surface area contributed by atoms with Gasteiger partial charge >= 0.3 is 13.2 Å². The summed E-state index contributed by atoms with van der Waals surface area (Å²) in [7, 11) is 0. The zero-order valence-electron chi connectivity index (χ0n) is 25.3. The average Bonchev–Trinajstić information content (AvgIpc) is 3.66. The summed E-state index contributed by atoms with van der Waals surface area (Å²) in [5.41, 5.74) is 3.32. The van der Waals surface area contributed by atoms with Crippen LogP contribution in [0.5, 0.6) is 11.5 Å². The van der Waals surface area contributed by atoms with Crippen molar-refractivity contribution in [2.45, 2.75) is 37.6 Å². The first-order chi connectivity index (χ1) is 24.1. The van der Waals surface area contributed by atoms with E-state index in [1.165, 1.54) is 21.2 Å². The van der Waals surface area contributed by atoms with E-state index in [9.17, 15) is 27.8 Å². The first-order valence-electron chi connectivity index (χ1n) is 14.9. The van der Waals surface area contributed by atoms with E-state index in [0.717, 1.165) is 0 Å². The number of nitrogens with zero attached hydrogens (tertiary/aromatic N) is 6. The van der Waals surface area contributed by atoms with E-state index in [1.54, 1.807) is 60.7 Å². The molecule has 6 aromatic rings. The lowest BCUT2D eigenvalue weighted by Gasteiger charge is -2.27. The van der Waals surface area contributed by atoms with Crippen molar-refractivity contribution in [3.05, 3.63) is 117 Å². The number of ether oxygens (including phenoxy) is 4. The fourth-order valence-corrected chi connectivity index (χ4v) is 6.11. The van der Waals surface area contributed by atoms with Gasteiger partial charge in [-0.2, -0.15) is 27.8 Å². The minimum absolute atomic E-state index is 0.0122. The Morgan fingerprint density at radius 3 is 1.44 bits per heavy atom. The minimum atomic E-state index is -2.97. The Labute approximate surface area is 289 Å². The first kappa shape index (κ1) is 33.9. The van der Waals surface area contributed by atoms with Gasteiger partial charge in [-0.1, -0.05) is 59.6 Å². The number of hydrogen-bond donors (Lipinski definition) is 2. The van der Waals surface area contributed by atoms with E-state index in [-0.39, 0.29) is 35.0 Å². The van der Waals surface area contributed by atoms with Gasteiger partial charge < -0.3 is 29.2 Å². The Morgan fingerprint density at radius 2 is 1.04 bits per heavy atom. The molecule has 260 valence electrons. The second-order valence-corrected chi connectivity index (χ2v) is 11.7. The summed E-state index contributed by atoms with van der Waals surface area (Å²) < 4.78 is 74.4. The lowest BCUT2D eigenvalue weighted by Crippen LogP contribution is -2.24. The van der Waals surface area contributed by atoms with Gasteiger partial charge in [-0.3, -0.25) is 0 Å². The van der Waals surface area contributed by atoms with E-state index in [1.807, 2.05) is 0 Å². The van der Waals surface area contributed by atoms with Crippen molar-refractivity contribution in [2.75, 3.05) is 13.2 Å². The SMILES string of the molecule is O[C@@H]1CO[C@@H](c2ccccc2OC(F)F)c2c1nc1ccc(Cl)nn21.O[C@H]1CO[C@@H](c2ccccc2OC(F)F)c2c1nc1ccc(Cl)nn21. The number of imidazole rings is 2. The highest BCUT2D eigenvalue weighted by molar-refractivity contribution is 6.29. The second-order valence-electron chi connectivity index (χ2n) is 10.9. The summed E-state index contributed by atoms with van der Waals surface area (Å²) in [6.07, 6.45) is -3.46. The van der Waals surface area contributed by atoms with Crippen molar-refractivity contribution in [3.8, 4) is 11.5 Å². The van der Waals surface area contributed by atoms with Gasteiger partial charge in [-0.25, -0.2) is 19.0 Å². The van der Waals surface area contributed by atoms with E-state index >= 15 is 0 Å². The third-order valence-electron chi connectivity index (χ3n) is 7.82. The molecule has 2 aliphatic heterocycles. The Balaban J connectivity index is 0.000000157. The summed E-state index contributed by atoms with van der Waals surface area (Å²) in [4.78, 5) is 8.73. The number of alkyl halides is 4. The lowest BCUT2D eigenvalue weighted by atomic mass is 10.00. The van der Waals surface area contributed by atoms with Gasteiger partial charge in [0.15, 0.2) is 11.3 Å². The summed E-state index contributed by atoms with van der Waals surface area (Å²) >= 11 is 11.9. The molecule has 50 heavy (non-hydrogen) atoms. The molecule has 4 atom stereocenters. The number of aliphatic hydroxyl groups is 2. The van der Waals surface area contributed by atoms with Gasteiger partial charge in [0.1, 0.15) is 57.6 Å². The molecule has 2 aromatic carbocycles. The van der Waals surface area contributed by atoms with E-state index in [2.05, 4.69) is 29.6 Å². The molecular weight excluding hydrogens is 711 g/mol. The standard InChI is InChI=1S/2C16H12ClF2N3O3/c2*17-11-5-6-12-20-13-9(23)7-24-15(14(13)22(12)21-11)8-3-1-2-4-10(8)25-16(18)19/h2*1-6,9,15-16,23H,7H2/t9-,15+;9-,15-/m10/s1. The molecule has 0 aliphatic carbocycles. The molecule has 2 aliphatic rings. The quantitative estimate of drug-likeness (QED) is 0.188. The summed E-state index contributed by atoms with van der Waals surface area (Å²) in [6, 6.07) is 19.1. The van der Waals surface area contributed by atoms with Crippen LogP contribution >= 0.6 is 23.2 Å². The topological polar surface area (TPSA) is 138 Å². The lowest BCUT2D eigenvalue weighted by molar-refractivity contribution is -0.0555. The normalized spacial score (nSPS) is 20.0. The van der Waals surface area contributed by atoms with Crippen molar-refractivity contribution in [1.82, 2.24) is 29.2 Å². The molecule has 0 fully saturated rings. The van der Waals surface area contributed by atoms with Crippen molar-refractivity contribution in [2.24, 2.45) is 0 Å². The largest absolute Gasteiger partial charge is 0.434 e. The van der Waals surface area contributed by atoms with Gasteiger partial charge in [0.25, 0.3) is 0 Å². The maximum Gasteiger partial charge on any atom is 0.387 e. The van der Waals surface area contributed by atoms with Crippen LogP contribution in [0, 0.1) is 0 Å². The minimum Gasteiger partial charge on any atom is -0.434 e. The number of aromatic nitrogens is 6. The summed E-state index contributed by atoms with van der Waals surface area (Å²) in [5, 5.41) is 29.2. The average molecular weight is 735 g/mol. The number of benzene rings is 2. The van der Waals surface area contributed by atoms with Crippen LogP contribution in [-0.2, 0) is 9.47 Å². The summed E-state index contributed by atoms with van der Waals surface area (Å²) in [6.45, 7) is -5.99. The molecule has 0 amide bonds. The molecule has 0 saturated carbocycles. The number of hydrogen-bond acceptors (Lipinski definition) is 10. The molecule has 12 nitrogen and oxygen atoms in total. The molecule has 0 unspecified atom stereocenters. The van der Waals surface area contributed by atoms with Gasteiger partial charge in [0.2, 0.25) is 0 Å². The molecule has 4 aromatic heterocycles. The van der Waals surface area contributed by atoms with Crippen LogP contribution in [0.15, 0.2) is 72.8 Å².